The summed E-state index contributed by atoms with van der Waals surface area (Å²) in [6.45, 7) is 6.56. The number of hydrogen-bond acceptors (Lipinski definition) is 4. The quantitative estimate of drug-likeness (QED) is 0.414. The number of nitrogens with zero attached hydrogens (tertiary/aromatic N) is 1. The van der Waals surface area contributed by atoms with E-state index in [0.29, 0.717) is 18.8 Å². The van der Waals surface area contributed by atoms with Crippen LogP contribution in [-0.2, 0) is 6.42 Å². The number of anilines is 1. The van der Waals surface area contributed by atoms with E-state index in [1.807, 2.05) is 48.5 Å². The molecule has 0 fully saturated rings. The lowest BCUT2D eigenvalue weighted by molar-refractivity contribution is 0.291. The monoisotopic (exact) mass is 324 g/mol. The van der Waals surface area contributed by atoms with Crippen LogP contribution in [0.25, 0.3) is 0 Å². The lowest BCUT2D eigenvalue weighted by Gasteiger charge is -2.15. The molecule has 0 atom stereocenters. The smallest absolute Gasteiger partial charge is 0.164 e. The Balaban J connectivity index is 2.23. The SMILES string of the molecule is C=CCc1cc(C=NNc2ccccc2)cc(OC)c1OCCC. The van der Waals surface area contributed by atoms with Crippen molar-refractivity contribution in [1.29, 1.82) is 0 Å². The fraction of sp³-hybridized carbons (Fsp3) is 0.250. The van der Waals surface area contributed by atoms with Gasteiger partial charge >= 0.3 is 0 Å². The van der Waals surface area contributed by atoms with Crippen LogP contribution < -0.4 is 14.9 Å². The van der Waals surface area contributed by atoms with Gasteiger partial charge in [0.2, 0.25) is 0 Å². The highest BCUT2D eigenvalue weighted by Crippen LogP contribution is 2.33. The van der Waals surface area contributed by atoms with Crippen LogP contribution >= 0.6 is 0 Å². The van der Waals surface area contributed by atoms with Crippen molar-refractivity contribution in [3.05, 3.63) is 66.2 Å². The summed E-state index contributed by atoms with van der Waals surface area (Å²) in [5.41, 5.74) is 5.93. The maximum absolute atomic E-state index is 5.86. The first kappa shape index (κ1) is 17.6. The van der Waals surface area contributed by atoms with Crippen LogP contribution in [0.5, 0.6) is 11.5 Å². The lowest BCUT2D eigenvalue weighted by atomic mass is 10.1. The number of hydrazone groups is 1. The Morgan fingerprint density at radius 3 is 2.67 bits per heavy atom. The molecule has 0 radical (unpaired) electrons. The molecule has 0 unspecified atom stereocenters. The Hall–Kier alpha value is -2.75. The molecular weight excluding hydrogens is 300 g/mol. The number of benzene rings is 2. The number of methoxy groups -OCH3 is 1. The minimum Gasteiger partial charge on any atom is -0.493 e. The van der Waals surface area contributed by atoms with Gasteiger partial charge in [0.1, 0.15) is 0 Å². The topological polar surface area (TPSA) is 42.9 Å². The summed E-state index contributed by atoms with van der Waals surface area (Å²) in [6.07, 6.45) is 5.28. The van der Waals surface area contributed by atoms with E-state index >= 15 is 0 Å². The summed E-state index contributed by atoms with van der Waals surface area (Å²) < 4.78 is 11.4. The highest BCUT2D eigenvalue weighted by Gasteiger charge is 2.12. The molecule has 126 valence electrons. The first-order valence-corrected chi connectivity index (χ1v) is 8.07. The first-order chi connectivity index (χ1) is 11.8. The minimum atomic E-state index is 0.656. The summed E-state index contributed by atoms with van der Waals surface area (Å²) in [5.74, 6) is 1.50. The van der Waals surface area contributed by atoms with E-state index in [1.165, 1.54) is 0 Å². The molecule has 24 heavy (non-hydrogen) atoms. The van der Waals surface area contributed by atoms with Gasteiger partial charge in [-0.2, -0.15) is 5.10 Å². The molecule has 0 saturated heterocycles. The van der Waals surface area contributed by atoms with E-state index in [1.54, 1.807) is 13.3 Å². The van der Waals surface area contributed by atoms with Crippen molar-refractivity contribution in [2.45, 2.75) is 19.8 Å². The number of hydrogen-bond donors (Lipinski definition) is 1. The molecular formula is C20H24N2O2. The summed E-state index contributed by atoms with van der Waals surface area (Å²) in [6, 6.07) is 13.8. The van der Waals surface area contributed by atoms with Crippen molar-refractivity contribution >= 4 is 11.9 Å². The Bertz CT molecular complexity index is 682. The Morgan fingerprint density at radius 2 is 2.00 bits per heavy atom. The molecule has 0 bridgehead atoms. The van der Waals surface area contributed by atoms with Gasteiger partial charge in [-0.25, -0.2) is 0 Å². The number of ether oxygens (including phenoxy) is 2. The van der Waals surface area contributed by atoms with Gasteiger partial charge in [-0.3, -0.25) is 5.43 Å². The van der Waals surface area contributed by atoms with Gasteiger partial charge in [0.05, 0.1) is 25.6 Å². The third-order valence-electron chi connectivity index (χ3n) is 3.37. The van der Waals surface area contributed by atoms with Crippen molar-refractivity contribution in [1.82, 2.24) is 0 Å². The molecule has 0 heterocycles. The number of para-hydroxylation sites is 1. The third kappa shape index (κ3) is 4.88. The molecule has 4 nitrogen and oxygen atoms in total. The zero-order chi connectivity index (χ0) is 17.2. The van der Waals surface area contributed by atoms with Gasteiger partial charge in [-0.15, -0.1) is 6.58 Å². The molecule has 2 aromatic rings. The zero-order valence-electron chi connectivity index (χ0n) is 14.3. The van der Waals surface area contributed by atoms with Crippen LogP contribution in [0.4, 0.5) is 5.69 Å². The second-order valence-corrected chi connectivity index (χ2v) is 5.29. The predicted molar refractivity (Wildman–Crippen MR) is 100 cm³/mol. The molecule has 0 spiro atoms. The predicted octanol–water partition coefficient (Wildman–Crippen LogP) is 4.66. The first-order valence-electron chi connectivity index (χ1n) is 8.07. The van der Waals surface area contributed by atoms with Crippen molar-refractivity contribution in [3.63, 3.8) is 0 Å². The molecule has 0 aliphatic carbocycles. The minimum absolute atomic E-state index is 0.656. The summed E-state index contributed by atoms with van der Waals surface area (Å²) >= 11 is 0. The van der Waals surface area contributed by atoms with Crippen molar-refractivity contribution < 1.29 is 9.47 Å². The maximum atomic E-state index is 5.86. The van der Waals surface area contributed by atoms with Crippen LogP contribution in [-0.4, -0.2) is 19.9 Å². The van der Waals surface area contributed by atoms with Crippen molar-refractivity contribution in [2.75, 3.05) is 19.1 Å². The van der Waals surface area contributed by atoms with E-state index < -0.39 is 0 Å². The zero-order valence-corrected chi connectivity index (χ0v) is 14.3. The van der Waals surface area contributed by atoms with Crippen molar-refractivity contribution in [3.8, 4) is 11.5 Å². The van der Waals surface area contributed by atoms with Gasteiger partial charge in [0, 0.05) is 5.56 Å². The van der Waals surface area contributed by atoms with E-state index in [4.69, 9.17) is 9.47 Å². The van der Waals surface area contributed by atoms with Gasteiger partial charge in [0.15, 0.2) is 11.5 Å². The van der Waals surface area contributed by atoms with E-state index in [9.17, 15) is 0 Å². The fourth-order valence-electron chi connectivity index (χ4n) is 2.28. The Morgan fingerprint density at radius 1 is 1.21 bits per heavy atom. The van der Waals surface area contributed by atoms with Gasteiger partial charge in [-0.05, 0) is 42.7 Å². The number of allylic oxidation sites excluding steroid dienone is 1. The average molecular weight is 324 g/mol. The van der Waals surface area contributed by atoms with Gasteiger partial charge < -0.3 is 9.47 Å². The van der Waals surface area contributed by atoms with E-state index in [2.05, 4.69) is 24.0 Å². The second kappa shape index (κ2) is 9.40. The largest absolute Gasteiger partial charge is 0.493 e. The highest BCUT2D eigenvalue weighted by atomic mass is 16.5. The molecule has 0 amide bonds. The maximum Gasteiger partial charge on any atom is 0.164 e. The molecule has 0 saturated carbocycles. The fourth-order valence-corrected chi connectivity index (χ4v) is 2.28. The molecule has 0 aliphatic rings. The summed E-state index contributed by atoms with van der Waals surface area (Å²) in [4.78, 5) is 0. The van der Waals surface area contributed by atoms with Crippen LogP contribution in [0.3, 0.4) is 0 Å². The van der Waals surface area contributed by atoms with Gasteiger partial charge in [-0.1, -0.05) is 31.2 Å². The number of nitrogens with one attached hydrogen (secondary N) is 1. The van der Waals surface area contributed by atoms with Crippen LogP contribution in [0.2, 0.25) is 0 Å². The Labute approximate surface area is 143 Å². The molecule has 0 aromatic heterocycles. The molecule has 1 N–H and O–H groups in total. The molecule has 2 aromatic carbocycles. The number of rotatable bonds is 9. The second-order valence-electron chi connectivity index (χ2n) is 5.29. The normalized spacial score (nSPS) is 10.6. The van der Waals surface area contributed by atoms with Gasteiger partial charge in [0.25, 0.3) is 0 Å². The molecule has 0 aliphatic heterocycles. The molecule has 2 rings (SSSR count). The third-order valence-corrected chi connectivity index (χ3v) is 3.37. The molecule has 4 heteroatoms. The summed E-state index contributed by atoms with van der Waals surface area (Å²) in [7, 11) is 1.65. The van der Waals surface area contributed by atoms with E-state index in [0.717, 1.165) is 29.0 Å². The Kier molecular flexibility index (Phi) is 6.90. The average Bonchev–Trinajstić information content (AvgIpc) is 2.61. The van der Waals surface area contributed by atoms with Crippen LogP contribution in [0, 0.1) is 0 Å². The highest BCUT2D eigenvalue weighted by molar-refractivity contribution is 5.82. The van der Waals surface area contributed by atoms with Crippen molar-refractivity contribution in [2.24, 2.45) is 5.10 Å². The summed E-state index contributed by atoms with van der Waals surface area (Å²) in [5, 5.41) is 4.28. The standard InChI is InChI=1S/C20H24N2O2/c1-4-9-17-13-16(14-19(23-3)20(17)24-12-5-2)15-21-22-18-10-7-6-8-11-18/h4,6-8,10-11,13-15,22H,1,5,9,12H2,2-3H3. The van der Waals surface area contributed by atoms with Crippen LogP contribution in [0.1, 0.15) is 24.5 Å². The lowest BCUT2D eigenvalue weighted by Crippen LogP contribution is -2.03. The van der Waals surface area contributed by atoms with Crippen LogP contribution in [0.15, 0.2) is 60.2 Å². The van der Waals surface area contributed by atoms with E-state index in [-0.39, 0.29) is 0 Å².